The summed E-state index contributed by atoms with van der Waals surface area (Å²) in [5.41, 5.74) is 5.18. The Balaban J connectivity index is 1.52. The van der Waals surface area contributed by atoms with Crippen LogP contribution in [0.1, 0.15) is 22.5 Å². The lowest BCUT2D eigenvalue weighted by Crippen LogP contribution is -2.13. The lowest BCUT2D eigenvalue weighted by molar-refractivity contribution is 0.271. The number of halogens is 1. The molecule has 4 nitrogen and oxygen atoms in total. The molecule has 0 aliphatic heterocycles. The predicted octanol–water partition coefficient (Wildman–Crippen LogP) is 6.27. The Morgan fingerprint density at radius 2 is 1.57 bits per heavy atom. The number of benzene rings is 3. The number of aryl methyl sites for hydroxylation is 3. The summed E-state index contributed by atoms with van der Waals surface area (Å²) < 4.78 is 14.3. The minimum Gasteiger partial charge on any atom is -0.492 e. The monoisotopic (exact) mass is 420 g/mol. The Morgan fingerprint density at radius 1 is 0.867 bits per heavy atom. The summed E-state index contributed by atoms with van der Waals surface area (Å²) in [7, 11) is 0. The Bertz CT molecular complexity index is 1160. The van der Waals surface area contributed by atoms with Crippen LogP contribution in [0.3, 0.4) is 0 Å². The topological polar surface area (TPSA) is 36.3 Å². The second-order valence-corrected chi connectivity index (χ2v) is 7.82. The second-order valence-electron chi connectivity index (χ2n) is 7.44. The van der Waals surface area contributed by atoms with Gasteiger partial charge in [0.1, 0.15) is 30.5 Å². The van der Waals surface area contributed by atoms with Gasteiger partial charge in [0.05, 0.1) is 17.6 Å². The van der Waals surface area contributed by atoms with Crippen LogP contribution in [0.2, 0.25) is 5.02 Å². The van der Waals surface area contributed by atoms with Gasteiger partial charge in [-0.15, -0.1) is 0 Å². The van der Waals surface area contributed by atoms with E-state index >= 15 is 0 Å². The van der Waals surface area contributed by atoms with Crippen molar-refractivity contribution in [2.75, 3.05) is 6.61 Å². The number of nitrogens with zero attached hydrogens (tertiary/aromatic N) is 2. The van der Waals surface area contributed by atoms with Gasteiger partial charge in [0.2, 0.25) is 0 Å². The van der Waals surface area contributed by atoms with Gasteiger partial charge >= 0.3 is 0 Å². The van der Waals surface area contributed by atoms with Crippen LogP contribution in [0.5, 0.6) is 11.5 Å². The first-order valence-corrected chi connectivity index (χ1v) is 10.4. The van der Waals surface area contributed by atoms with Crippen molar-refractivity contribution in [3.05, 3.63) is 88.2 Å². The zero-order valence-electron chi connectivity index (χ0n) is 17.5. The van der Waals surface area contributed by atoms with Crippen LogP contribution < -0.4 is 9.47 Å². The zero-order chi connectivity index (χ0) is 21.1. The molecule has 4 aromatic rings. The number of ether oxygens (including phenoxy) is 2. The van der Waals surface area contributed by atoms with Crippen LogP contribution in [-0.2, 0) is 13.2 Å². The molecule has 0 N–H and O–H groups in total. The van der Waals surface area contributed by atoms with Crippen molar-refractivity contribution in [2.45, 2.75) is 33.9 Å². The molecule has 154 valence electrons. The van der Waals surface area contributed by atoms with Gasteiger partial charge < -0.3 is 14.0 Å². The molecule has 4 rings (SSSR count). The van der Waals surface area contributed by atoms with E-state index in [9.17, 15) is 0 Å². The molecule has 0 spiro atoms. The highest BCUT2D eigenvalue weighted by molar-refractivity contribution is 6.32. The predicted molar refractivity (Wildman–Crippen MR) is 122 cm³/mol. The molecule has 0 saturated carbocycles. The van der Waals surface area contributed by atoms with Crippen LogP contribution in [0.25, 0.3) is 11.0 Å². The van der Waals surface area contributed by atoms with Gasteiger partial charge in [-0.25, -0.2) is 4.98 Å². The molecule has 1 heterocycles. The SMILES string of the molecule is Cc1ccccc1OCc1nc2ccccc2n1CCOc1cc(C)c(Cl)c(C)c1. The lowest BCUT2D eigenvalue weighted by Gasteiger charge is -2.13. The standard InChI is InChI=1S/C25H25ClN2O2/c1-17-8-4-7-11-23(17)30-16-24-27-21-9-5-6-10-22(21)28(24)12-13-29-20-14-18(2)25(26)19(3)15-20/h4-11,14-15H,12-13,16H2,1-3H3. The Hall–Kier alpha value is -2.98. The van der Waals surface area contributed by atoms with Crippen LogP contribution in [-0.4, -0.2) is 16.2 Å². The first-order valence-electron chi connectivity index (χ1n) is 10.0. The highest BCUT2D eigenvalue weighted by Crippen LogP contribution is 2.26. The van der Waals surface area contributed by atoms with Gasteiger partial charge in [0, 0.05) is 5.02 Å². The second kappa shape index (κ2) is 8.80. The van der Waals surface area contributed by atoms with Crippen LogP contribution in [0, 0.1) is 20.8 Å². The van der Waals surface area contributed by atoms with E-state index in [0.717, 1.165) is 50.1 Å². The molecule has 30 heavy (non-hydrogen) atoms. The number of hydrogen-bond donors (Lipinski definition) is 0. The molecule has 0 aliphatic carbocycles. The fourth-order valence-corrected chi connectivity index (χ4v) is 3.70. The fourth-order valence-electron chi connectivity index (χ4n) is 3.59. The van der Waals surface area contributed by atoms with Crippen LogP contribution >= 0.6 is 11.6 Å². The van der Waals surface area contributed by atoms with Crippen molar-refractivity contribution in [2.24, 2.45) is 0 Å². The van der Waals surface area contributed by atoms with E-state index < -0.39 is 0 Å². The number of fused-ring (bicyclic) bond motifs is 1. The molecule has 0 aliphatic rings. The van der Waals surface area contributed by atoms with Gasteiger partial charge in [-0.1, -0.05) is 41.9 Å². The summed E-state index contributed by atoms with van der Waals surface area (Å²) >= 11 is 6.27. The van der Waals surface area contributed by atoms with Crippen LogP contribution in [0.15, 0.2) is 60.7 Å². The number of aromatic nitrogens is 2. The Morgan fingerprint density at radius 3 is 2.33 bits per heavy atom. The Labute approximate surface area is 182 Å². The van der Waals surface area contributed by atoms with E-state index in [4.69, 9.17) is 26.1 Å². The van der Waals surface area contributed by atoms with E-state index in [1.807, 2.05) is 75.4 Å². The van der Waals surface area contributed by atoms with Gasteiger partial charge in [0.15, 0.2) is 0 Å². The first kappa shape index (κ1) is 20.3. The zero-order valence-corrected chi connectivity index (χ0v) is 18.2. The van der Waals surface area contributed by atoms with Gasteiger partial charge in [-0.3, -0.25) is 0 Å². The average Bonchev–Trinajstić information content (AvgIpc) is 3.09. The number of para-hydroxylation sites is 3. The van der Waals surface area contributed by atoms with Crippen molar-refractivity contribution < 1.29 is 9.47 Å². The summed E-state index contributed by atoms with van der Waals surface area (Å²) in [6, 6.07) is 20.1. The largest absolute Gasteiger partial charge is 0.492 e. The molecular weight excluding hydrogens is 396 g/mol. The molecule has 0 fully saturated rings. The quantitative estimate of drug-likeness (QED) is 0.353. The molecule has 0 saturated heterocycles. The normalized spacial score (nSPS) is 11.1. The first-order chi connectivity index (χ1) is 14.5. The number of hydrogen-bond acceptors (Lipinski definition) is 3. The van der Waals surface area contributed by atoms with E-state index in [1.54, 1.807) is 0 Å². The van der Waals surface area contributed by atoms with Gasteiger partial charge in [0.25, 0.3) is 0 Å². The summed E-state index contributed by atoms with van der Waals surface area (Å²) in [4.78, 5) is 4.79. The van der Waals surface area contributed by atoms with Gasteiger partial charge in [-0.05, 0) is 67.8 Å². The molecule has 3 aromatic carbocycles. The lowest BCUT2D eigenvalue weighted by atomic mass is 10.1. The van der Waals surface area contributed by atoms with Gasteiger partial charge in [-0.2, -0.15) is 0 Å². The molecule has 0 amide bonds. The average molecular weight is 421 g/mol. The summed E-state index contributed by atoms with van der Waals surface area (Å²) in [6.07, 6.45) is 0. The molecule has 5 heteroatoms. The Kier molecular flexibility index (Phi) is 5.96. The third kappa shape index (κ3) is 4.29. The van der Waals surface area contributed by atoms with E-state index in [-0.39, 0.29) is 0 Å². The maximum Gasteiger partial charge on any atom is 0.148 e. The number of imidazole rings is 1. The van der Waals surface area contributed by atoms with Crippen molar-refractivity contribution in [3.8, 4) is 11.5 Å². The molecule has 1 aromatic heterocycles. The third-order valence-electron chi connectivity index (χ3n) is 5.18. The molecule has 0 radical (unpaired) electrons. The maximum atomic E-state index is 6.27. The summed E-state index contributed by atoms with van der Waals surface area (Å²) in [5, 5.41) is 0.790. The highest BCUT2D eigenvalue weighted by Gasteiger charge is 2.12. The third-order valence-corrected chi connectivity index (χ3v) is 5.77. The van der Waals surface area contributed by atoms with Crippen molar-refractivity contribution in [1.82, 2.24) is 9.55 Å². The van der Waals surface area contributed by atoms with Crippen molar-refractivity contribution in [1.29, 1.82) is 0 Å². The summed E-state index contributed by atoms with van der Waals surface area (Å²) in [5.74, 6) is 2.59. The minimum atomic E-state index is 0.401. The maximum absolute atomic E-state index is 6.27. The molecule has 0 unspecified atom stereocenters. The summed E-state index contributed by atoms with van der Waals surface area (Å²) in [6.45, 7) is 7.63. The molecular formula is C25H25ClN2O2. The molecule has 0 atom stereocenters. The number of rotatable bonds is 7. The van der Waals surface area contributed by atoms with E-state index in [1.165, 1.54) is 0 Å². The van der Waals surface area contributed by atoms with Crippen molar-refractivity contribution in [3.63, 3.8) is 0 Å². The fraction of sp³-hybridized carbons (Fsp3) is 0.240. The molecule has 0 bridgehead atoms. The smallest absolute Gasteiger partial charge is 0.148 e. The highest BCUT2D eigenvalue weighted by atomic mass is 35.5. The van der Waals surface area contributed by atoms with Crippen molar-refractivity contribution >= 4 is 22.6 Å². The van der Waals surface area contributed by atoms with Crippen LogP contribution in [0.4, 0.5) is 0 Å². The van der Waals surface area contributed by atoms with E-state index in [0.29, 0.717) is 19.8 Å². The minimum absolute atomic E-state index is 0.401. The van der Waals surface area contributed by atoms with E-state index in [2.05, 4.69) is 10.6 Å².